The zero-order valence-corrected chi connectivity index (χ0v) is 18.4. The van der Waals surface area contributed by atoms with Crippen molar-refractivity contribution < 1.29 is 9.90 Å². The van der Waals surface area contributed by atoms with Gasteiger partial charge in [-0.2, -0.15) is 0 Å². The SMILES string of the molecule is CC(C)(C)C(c1c[nH]c2cc(Cl)ccc12)C(NC(=O)O)c1ncc(-c2ccccc2)[nH]1. The molecule has 2 atom stereocenters. The molecule has 2 aromatic carbocycles. The number of fused-ring (bicyclic) bond motifs is 1. The number of benzene rings is 2. The Morgan fingerprint density at radius 1 is 1.16 bits per heavy atom. The van der Waals surface area contributed by atoms with Gasteiger partial charge in [0.25, 0.3) is 0 Å². The summed E-state index contributed by atoms with van der Waals surface area (Å²) >= 11 is 6.16. The molecule has 0 aliphatic heterocycles. The van der Waals surface area contributed by atoms with E-state index in [0.717, 1.165) is 27.7 Å². The fourth-order valence-electron chi connectivity index (χ4n) is 4.23. The molecule has 4 N–H and O–H groups in total. The smallest absolute Gasteiger partial charge is 0.405 e. The van der Waals surface area contributed by atoms with Crippen LogP contribution in [-0.4, -0.2) is 26.2 Å². The quantitative estimate of drug-likeness (QED) is 0.293. The molecule has 0 radical (unpaired) electrons. The highest BCUT2D eigenvalue weighted by Gasteiger charge is 2.38. The van der Waals surface area contributed by atoms with E-state index in [-0.39, 0.29) is 11.3 Å². The Hall–Kier alpha value is -3.25. The highest BCUT2D eigenvalue weighted by Crippen LogP contribution is 2.46. The number of H-pyrrole nitrogens is 2. The average Bonchev–Trinajstić information content (AvgIpc) is 3.34. The topological polar surface area (TPSA) is 93.8 Å². The highest BCUT2D eigenvalue weighted by molar-refractivity contribution is 6.31. The molecular formula is C24H25ClN4O2. The summed E-state index contributed by atoms with van der Waals surface area (Å²) in [5.41, 5.74) is 3.48. The molecular weight excluding hydrogens is 412 g/mol. The molecule has 0 aliphatic rings. The van der Waals surface area contributed by atoms with E-state index in [9.17, 15) is 9.90 Å². The number of nitrogens with zero attached hydrogens (tertiary/aromatic N) is 1. The van der Waals surface area contributed by atoms with Crippen molar-refractivity contribution in [1.29, 1.82) is 0 Å². The Morgan fingerprint density at radius 2 is 1.90 bits per heavy atom. The van der Waals surface area contributed by atoms with Gasteiger partial charge in [0, 0.05) is 28.0 Å². The van der Waals surface area contributed by atoms with Gasteiger partial charge in [0.05, 0.1) is 17.9 Å². The molecule has 0 aliphatic carbocycles. The number of halogens is 1. The molecule has 0 saturated heterocycles. The Bertz CT molecular complexity index is 1210. The minimum absolute atomic E-state index is 0.201. The summed E-state index contributed by atoms with van der Waals surface area (Å²) in [6.07, 6.45) is 2.59. The van der Waals surface area contributed by atoms with Crippen LogP contribution in [0.15, 0.2) is 60.9 Å². The molecule has 31 heavy (non-hydrogen) atoms. The van der Waals surface area contributed by atoms with Gasteiger partial charge >= 0.3 is 6.09 Å². The minimum atomic E-state index is -1.10. The predicted octanol–water partition coefficient (Wildman–Crippen LogP) is 6.35. The van der Waals surface area contributed by atoms with E-state index in [0.29, 0.717) is 10.8 Å². The molecule has 2 unspecified atom stereocenters. The van der Waals surface area contributed by atoms with Crippen molar-refractivity contribution >= 4 is 28.6 Å². The lowest BCUT2D eigenvalue weighted by atomic mass is 9.72. The Morgan fingerprint density at radius 3 is 2.58 bits per heavy atom. The third-order valence-electron chi connectivity index (χ3n) is 5.53. The molecule has 160 valence electrons. The van der Waals surface area contributed by atoms with Gasteiger partial charge in [-0.3, -0.25) is 0 Å². The zero-order chi connectivity index (χ0) is 22.2. The van der Waals surface area contributed by atoms with Gasteiger partial charge in [0.1, 0.15) is 5.82 Å². The number of amides is 1. The number of hydrogen-bond donors (Lipinski definition) is 4. The minimum Gasteiger partial charge on any atom is -0.465 e. The molecule has 0 bridgehead atoms. The largest absolute Gasteiger partial charge is 0.465 e. The van der Waals surface area contributed by atoms with Crippen molar-refractivity contribution in [2.75, 3.05) is 0 Å². The van der Waals surface area contributed by atoms with Crippen LogP contribution in [0.5, 0.6) is 0 Å². The number of carbonyl (C=O) groups is 1. The summed E-state index contributed by atoms with van der Waals surface area (Å²) in [6.45, 7) is 6.30. The second-order valence-corrected chi connectivity index (χ2v) is 9.19. The summed E-state index contributed by atoms with van der Waals surface area (Å²) in [5, 5.41) is 14.0. The molecule has 4 aromatic rings. The van der Waals surface area contributed by atoms with Crippen LogP contribution in [0, 0.1) is 5.41 Å². The van der Waals surface area contributed by atoms with Gasteiger partial charge in [0.15, 0.2) is 0 Å². The third-order valence-corrected chi connectivity index (χ3v) is 5.77. The number of imidazole rings is 1. The number of nitrogens with one attached hydrogen (secondary N) is 3. The van der Waals surface area contributed by atoms with Gasteiger partial charge in [-0.1, -0.05) is 68.8 Å². The number of carboxylic acid groups (broad SMARTS) is 1. The summed E-state index contributed by atoms with van der Waals surface area (Å²) in [4.78, 5) is 23.0. The van der Waals surface area contributed by atoms with Gasteiger partial charge in [-0.15, -0.1) is 0 Å². The van der Waals surface area contributed by atoms with Crippen molar-refractivity contribution in [2.24, 2.45) is 5.41 Å². The first-order valence-corrected chi connectivity index (χ1v) is 10.5. The summed E-state index contributed by atoms with van der Waals surface area (Å²) in [7, 11) is 0. The van der Waals surface area contributed by atoms with Crippen molar-refractivity contribution in [1.82, 2.24) is 20.3 Å². The third kappa shape index (κ3) is 4.30. The summed E-state index contributed by atoms with van der Waals surface area (Å²) < 4.78 is 0. The first-order chi connectivity index (χ1) is 14.7. The molecule has 0 saturated carbocycles. The van der Waals surface area contributed by atoms with Gasteiger partial charge in [-0.25, -0.2) is 9.78 Å². The van der Waals surface area contributed by atoms with Crippen LogP contribution >= 0.6 is 11.6 Å². The molecule has 6 nitrogen and oxygen atoms in total. The van der Waals surface area contributed by atoms with E-state index in [1.807, 2.05) is 54.7 Å². The molecule has 1 amide bonds. The van der Waals surface area contributed by atoms with Crippen LogP contribution in [0.2, 0.25) is 5.02 Å². The number of hydrogen-bond acceptors (Lipinski definition) is 2. The Kier molecular flexibility index (Phi) is 5.50. The highest BCUT2D eigenvalue weighted by atomic mass is 35.5. The zero-order valence-electron chi connectivity index (χ0n) is 17.6. The maximum Gasteiger partial charge on any atom is 0.405 e. The average molecular weight is 437 g/mol. The van der Waals surface area contributed by atoms with Crippen LogP contribution in [0.3, 0.4) is 0 Å². The molecule has 2 aromatic heterocycles. The maximum absolute atomic E-state index is 11.8. The van der Waals surface area contributed by atoms with E-state index in [2.05, 4.69) is 41.0 Å². The van der Waals surface area contributed by atoms with E-state index >= 15 is 0 Å². The lowest BCUT2D eigenvalue weighted by molar-refractivity contribution is 0.177. The number of aromatic amines is 2. The van der Waals surface area contributed by atoms with Crippen LogP contribution < -0.4 is 5.32 Å². The molecule has 0 fully saturated rings. The van der Waals surface area contributed by atoms with Crippen LogP contribution in [0.1, 0.15) is 44.1 Å². The Balaban J connectivity index is 1.83. The van der Waals surface area contributed by atoms with Gasteiger partial charge in [-0.05, 0) is 28.7 Å². The number of aromatic nitrogens is 3. The van der Waals surface area contributed by atoms with E-state index in [4.69, 9.17) is 11.6 Å². The van der Waals surface area contributed by atoms with E-state index < -0.39 is 12.1 Å². The van der Waals surface area contributed by atoms with E-state index in [1.54, 1.807) is 6.20 Å². The lowest BCUT2D eigenvalue weighted by Crippen LogP contribution is -2.37. The first-order valence-electron chi connectivity index (χ1n) is 10.1. The monoisotopic (exact) mass is 436 g/mol. The predicted molar refractivity (Wildman–Crippen MR) is 123 cm³/mol. The van der Waals surface area contributed by atoms with Gasteiger partial charge in [0.2, 0.25) is 0 Å². The molecule has 0 spiro atoms. The van der Waals surface area contributed by atoms with Crippen LogP contribution in [0.4, 0.5) is 4.79 Å². The van der Waals surface area contributed by atoms with Crippen molar-refractivity contribution in [3.63, 3.8) is 0 Å². The normalized spacial score (nSPS) is 13.8. The van der Waals surface area contributed by atoms with Crippen LogP contribution in [0.25, 0.3) is 22.2 Å². The lowest BCUT2D eigenvalue weighted by Gasteiger charge is -2.36. The summed E-state index contributed by atoms with van der Waals surface area (Å²) in [5.74, 6) is 0.373. The number of rotatable bonds is 5. The fraction of sp³-hybridized carbons (Fsp3) is 0.250. The summed E-state index contributed by atoms with van der Waals surface area (Å²) in [6, 6.07) is 15.0. The fourth-order valence-corrected chi connectivity index (χ4v) is 4.40. The van der Waals surface area contributed by atoms with Crippen molar-refractivity contribution in [2.45, 2.75) is 32.7 Å². The maximum atomic E-state index is 11.8. The second-order valence-electron chi connectivity index (χ2n) is 8.75. The van der Waals surface area contributed by atoms with Gasteiger partial charge < -0.3 is 20.4 Å². The van der Waals surface area contributed by atoms with Crippen molar-refractivity contribution in [3.8, 4) is 11.3 Å². The second kappa shape index (κ2) is 8.12. The Labute approximate surface area is 185 Å². The van der Waals surface area contributed by atoms with Crippen molar-refractivity contribution in [3.05, 3.63) is 77.3 Å². The molecule has 7 heteroatoms. The first kappa shape index (κ1) is 21.0. The van der Waals surface area contributed by atoms with E-state index in [1.165, 1.54) is 0 Å². The molecule has 4 rings (SSSR count). The molecule has 2 heterocycles. The standard InChI is InChI=1S/C24H25ClN4O2/c1-24(2,3)20(17-12-26-18-11-15(25)9-10-16(17)18)21(29-23(30)31)22-27-13-19(28-22)14-7-5-4-6-8-14/h4-13,20-21,26,29H,1-3H3,(H,27,28)(H,30,31). The van der Waals surface area contributed by atoms with Crippen LogP contribution in [-0.2, 0) is 0 Å².